The highest BCUT2D eigenvalue weighted by Crippen LogP contribution is 2.25. The van der Waals surface area contributed by atoms with Crippen molar-refractivity contribution in [3.8, 4) is 0 Å². The number of benzene rings is 1. The van der Waals surface area contributed by atoms with Crippen molar-refractivity contribution >= 4 is 15.9 Å². The molecule has 0 aromatic heterocycles. The first-order valence-corrected chi connectivity index (χ1v) is 7.23. The third-order valence-corrected chi connectivity index (χ3v) is 4.04. The molecule has 0 aliphatic rings. The van der Waals surface area contributed by atoms with Crippen molar-refractivity contribution < 1.29 is 4.39 Å². The molecule has 0 spiro atoms. The van der Waals surface area contributed by atoms with Gasteiger partial charge in [-0.1, -0.05) is 32.9 Å². The highest BCUT2D eigenvalue weighted by molar-refractivity contribution is 9.10. The first-order valence-electron chi connectivity index (χ1n) is 6.43. The first kappa shape index (κ1) is 15.6. The quantitative estimate of drug-likeness (QED) is 0.840. The van der Waals surface area contributed by atoms with Crippen LogP contribution in [0.5, 0.6) is 0 Å². The molecule has 0 amide bonds. The van der Waals surface area contributed by atoms with E-state index in [2.05, 4.69) is 42.0 Å². The molecule has 0 aliphatic heterocycles. The Labute approximate surface area is 118 Å². The molecule has 1 unspecified atom stereocenters. The van der Waals surface area contributed by atoms with Crippen LogP contribution in [-0.4, -0.2) is 13.1 Å². The fraction of sp³-hybridized carbons (Fsp3) is 0.600. The summed E-state index contributed by atoms with van der Waals surface area (Å²) < 4.78 is 14.0. The largest absolute Gasteiger partial charge is 0.317 e. The second-order valence-electron chi connectivity index (χ2n) is 6.00. The van der Waals surface area contributed by atoms with Crippen LogP contribution >= 0.6 is 15.9 Å². The Bertz CT molecular complexity index is 385. The molecular formula is C15H23BrFN. The average Bonchev–Trinajstić information content (AvgIpc) is 2.28. The monoisotopic (exact) mass is 315 g/mol. The SMILES string of the molecule is CNC(CCC(C)(C)C)Cc1cccc(F)c1Br. The molecule has 1 aromatic rings. The molecule has 1 rings (SSSR count). The molecule has 18 heavy (non-hydrogen) atoms. The number of halogens is 2. The zero-order chi connectivity index (χ0) is 13.8. The predicted octanol–water partition coefficient (Wildman–Crippen LogP) is 4.55. The van der Waals surface area contributed by atoms with E-state index < -0.39 is 0 Å². The number of nitrogens with one attached hydrogen (secondary N) is 1. The van der Waals surface area contributed by atoms with Crippen LogP contribution in [0.25, 0.3) is 0 Å². The Morgan fingerprint density at radius 2 is 2.00 bits per heavy atom. The van der Waals surface area contributed by atoms with Gasteiger partial charge in [0.2, 0.25) is 0 Å². The van der Waals surface area contributed by atoms with Crippen molar-refractivity contribution in [3.05, 3.63) is 34.1 Å². The molecule has 0 fully saturated rings. The van der Waals surface area contributed by atoms with E-state index in [0.29, 0.717) is 15.9 Å². The van der Waals surface area contributed by atoms with E-state index >= 15 is 0 Å². The van der Waals surface area contributed by atoms with Crippen molar-refractivity contribution in [3.63, 3.8) is 0 Å². The molecule has 0 aliphatic carbocycles. The van der Waals surface area contributed by atoms with E-state index in [0.717, 1.165) is 24.8 Å². The Balaban J connectivity index is 2.65. The summed E-state index contributed by atoms with van der Waals surface area (Å²) in [5, 5.41) is 3.33. The van der Waals surface area contributed by atoms with E-state index in [-0.39, 0.29) is 5.82 Å². The molecular weight excluding hydrogens is 293 g/mol. The number of hydrogen-bond acceptors (Lipinski definition) is 1. The van der Waals surface area contributed by atoms with Gasteiger partial charge in [-0.25, -0.2) is 4.39 Å². The van der Waals surface area contributed by atoms with Crippen LogP contribution in [0.15, 0.2) is 22.7 Å². The van der Waals surface area contributed by atoms with Crippen molar-refractivity contribution in [1.29, 1.82) is 0 Å². The van der Waals surface area contributed by atoms with Crippen molar-refractivity contribution in [2.75, 3.05) is 7.05 Å². The maximum Gasteiger partial charge on any atom is 0.137 e. The van der Waals surface area contributed by atoms with Crippen molar-refractivity contribution in [2.45, 2.75) is 46.1 Å². The van der Waals surface area contributed by atoms with Gasteiger partial charge in [0.1, 0.15) is 5.82 Å². The zero-order valence-electron chi connectivity index (χ0n) is 11.7. The van der Waals surface area contributed by atoms with Crippen molar-refractivity contribution in [2.24, 2.45) is 5.41 Å². The summed E-state index contributed by atoms with van der Waals surface area (Å²) in [7, 11) is 1.97. The Morgan fingerprint density at radius 3 is 2.56 bits per heavy atom. The molecule has 0 saturated heterocycles. The van der Waals surface area contributed by atoms with Crippen LogP contribution in [-0.2, 0) is 6.42 Å². The van der Waals surface area contributed by atoms with E-state index in [1.807, 2.05) is 13.1 Å². The van der Waals surface area contributed by atoms with E-state index in [1.165, 1.54) is 6.07 Å². The van der Waals surface area contributed by atoms with Gasteiger partial charge in [0.25, 0.3) is 0 Å². The van der Waals surface area contributed by atoms with Gasteiger partial charge < -0.3 is 5.32 Å². The second-order valence-corrected chi connectivity index (χ2v) is 6.79. The summed E-state index contributed by atoms with van der Waals surface area (Å²) in [6.45, 7) is 6.74. The lowest BCUT2D eigenvalue weighted by Gasteiger charge is -2.23. The van der Waals surface area contributed by atoms with Crippen LogP contribution < -0.4 is 5.32 Å². The van der Waals surface area contributed by atoms with Gasteiger partial charge in [-0.2, -0.15) is 0 Å². The highest BCUT2D eigenvalue weighted by Gasteiger charge is 2.16. The Hall–Kier alpha value is -0.410. The highest BCUT2D eigenvalue weighted by atomic mass is 79.9. The van der Waals surface area contributed by atoms with E-state index in [9.17, 15) is 4.39 Å². The predicted molar refractivity (Wildman–Crippen MR) is 79.3 cm³/mol. The van der Waals surface area contributed by atoms with Crippen LogP contribution in [0.3, 0.4) is 0 Å². The summed E-state index contributed by atoms with van der Waals surface area (Å²) in [5.41, 5.74) is 1.37. The van der Waals surface area contributed by atoms with Crippen molar-refractivity contribution in [1.82, 2.24) is 5.32 Å². The normalized spacial score (nSPS) is 13.7. The molecule has 1 aromatic carbocycles. The molecule has 3 heteroatoms. The lowest BCUT2D eigenvalue weighted by atomic mass is 9.87. The molecule has 0 radical (unpaired) electrons. The maximum atomic E-state index is 13.4. The minimum Gasteiger partial charge on any atom is -0.317 e. The van der Waals surface area contributed by atoms with Crippen LogP contribution in [0.2, 0.25) is 0 Å². The minimum absolute atomic E-state index is 0.182. The first-order chi connectivity index (χ1) is 8.33. The molecule has 1 N–H and O–H groups in total. The van der Waals surface area contributed by atoms with E-state index in [4.69, 9.17) is 0 Å². The maximum absolute atomic E-state index is 13.4. The number of hydrogen-bond donors (Lipinski definition) is 1. The zero-order valence-corrected chi connectivity index (χ0v) is 13.3. The smallest absolute Gasteiger partial charge is 0.137 e. The lowest BCUT2D eigenvalue weighted by molar-refractivity contribution is 0.334. The van der Waals surface area contributed by atoms with E-state index in [1.54, 1.807) is 6.07 Å². The third-order valence-electron chi connectivity index (χ3n) is 3.15. The molecule has 0 heterocycles. The number of rotatable bonds is 5. The Morgan fingerprint density at radius 1 is 1.33 bits per heavy atom. The fourth-order valence-electron chi connectivity index (χ4n) is 1.93. The van der Waals surface area contributed by atoms with Gasteiger partial charge in [-0.05, 0) is 59.3 Å². The minimum atomic E-state index is -0.182. The second kappa shape index (κ2) is 6.67. The van der Waals surface area contributed by atoms with Crippen LogP contribution in [0.1, 0.15) is 39.2 Å². The Kier molecular flexibility index (Phi) is 5.80. The van der Waals surface area contributed by atoms with Gasteiger partial charge in [0, 0.05) is 6.04 Å². The molecule has 1 atom stereocenters. The molecule has 0 bridgehead atoms. The lowest BCUT2D eigenvalue weighted by Crippen LogP contribution is -2.29. The summed E-state index contributed by atoms with van der Waals surface area (Å²) in [6, 6.07) is 5.62. The molecule has 102 valence electrons. The molecule has 1 nitrogen and oxygen atoms in total. The average molecular weight is 316 g/mol. The molecule has 0 saturated carbocycles. The number of likely N-dealkylation sites (N-methyl/N-ethyl adjacent to an activating group) is 1. The summed E-state index contributed by atoms with van der Waals surface area (Å²) >= 11 is 3.33. The fourth-order valence-corrected chi connectivity index (χ4v) is 2.35. The van der Waals surface area contributed by atoms with Gasteiger partial charge in [-0.15, -0.1) is 0 Å². The van der Waals surface area contributed by atoms with Crippen LogP contribution in [0, 0.1) is 11.2 Å². The third kappa shape index (κ3) is 5.07. The summed E-state index contributed by atoms with van der Waals surface area (Å²) in [4.78, 5) is 0. The van der Waals surface area contributed by atoms with Gasteiger partial charge in [0.15, 0.2) is 0 Å². The summed E-state index contributed by atoms with van der Waals surface area (Å²) in [5.74, 6) is -0.182. The standard InChI is InChI=1S/C15H23BrFN/c1-15(2,3)9-8-12(18-4)10-11-6-5-7-13(17)14(11)16/h5-7,12,18H,8-10H2,1-4H3. The van der Waals surface area contributed by atoms with Crippen LogP contribution in [0.4, 0.5) is 4.39 Å². The van der Waals surface area contributed by atoms with Gasteiger partial charge in [-0.3, -0.25) is 0 Å². The summed E-state index contributed by atoms with van der Waals surface area (Å²) in [6.07, 6.45) is 3.11. The van der Waals surface area contributed by atoms with Gasteiger partial charge >= 0.3 is 0 Å². The van der Waals surface area contributed by atoms with Gasteiger partial charge in [0.05, 0.1) is 4.47 Å². The topological polar surface area (TPSA) is 12.0 Å².